The molecule has 1 aromatic rings. The fourth-order valence-electron chi connectivity index (χ4n) is 2.00. The van der Waals surface area contributed by atoms with Crippen LogP contribution in [0.4, 0.5) is 5.00 Å². The highest BCUT2D eigenvalue weighted by Crippen LogP contribution is 2.22. The second-order valence-corrected chi connectivity index (χ2v) is 5.40. The van der Waals surface area contributed by atoms with Gasteiger partial charge in [0.2, 0.25) is 5.91 Å². The third-order valence-electron chi connectivity index (χ3n) is 2.98. The van der Waals surface area contributed by atoms with E-state index in [0.29, 0.717) is 30.3 Å². The van der Waals surface area contributed by atoms with Gasteiger partial charge in [0.1, 0.15) is 5.00 Å². The molecule has 7 nitrogen and oxygen atoms in total. The molecule has 4 N–H and O–H groups in total. The Kier molecular flexibility index (Phi) is 5.07. The van der Waals surface area contributed by atoms with E-state index in [4.69, 9.17) is 15.6 Å². The number of nitrogens with zero attached hydrogens (tertiary/aromatic N) is 1. The Morgan fingerprint density at radius 3 is 3.10 bits per heavy atom. The third kappa shape index (κ3) is 3.76. The number of primary amides is 1. The Bertz CT molecular complexity index is 491. The molecule has 1 unspecified atom stereocenters. The van der Waals surface area contributed by atoms with Gasteiger partial charge < -0.3 is 20.9 Å². The van der Waals surface area contributed by atoms with Crippen molar-refractivity contribution < 1.29 is 19.4 Å². The molecular weight excluding hydrogens is 282 g/mol. The summed E-state index contributed by atoms with van der Waals surface area (Å²) in [5, 5.41) is 13.9. The molecule has 1 aliphatic rings. The first kappa shape index (κ1) is 14.9. The van der Waals surface area contributed by atoms with Crippen molar-refractivity contribution >= 4 is 28.2 Å². The number of anilines is 1. The zero-order chi connectivity index (χ0) is 14.5. The number of aliphatic hydroxyl groups is 1. The maximum atomic E-state index is 11.9. The van der Waals surface area contributed by atoms with Crippen molar-refractivity contribution in [1.82, 2.24) is 4.90 Å². The highest BCUT2D eigenvalue weighted by molar-refractivity contribution is 7.14. The lowest BCUT2D eigenvalue weighted by molar-refractivity contribution is -0.120. The topological polar surface area (TPSA) is 105 Å². The first-order chi connectivity index (χ1) is 9.60. The van der Waals surface area contributed by atoms with Gasteiger partial charge in [-0.15, -0.1) is 11.3 Å². The molecule has 20 heavy (non-hydrogen) atoms. The number of rotatable bonds is 5. The molecule has 0 radical (unpaired) electrons. The third-order valence-corrected chi connectivity index (χ3v) is 3.81. The summed E-state index contributed by atoms with van der Waals surface area (Å²) in [4.78, 5) is 25.0. The molecule has 1 aliphatic heterocycles. The Morgan fingerprint density at radius 2 is 2.40 bits per heavy atom. The van der Waals surface area contributed by atoms with Gasteiger partial charge in [0.05, 0.1) is 31.4 Å². The molecule has 0 spiro atoms. The summed E-state index contributed by atoms with van der Waals surface area (Å²) in [5.41, 5.74) is 5.54. The molecule has 2 amide bonds. The number of nitrogens with one attached hydrogen (secondary N) is 1. The van der Waals surface area contributed by atoms with E-state index in [1.54, 1.807) is 11.4 Å². The molecule has 0 bridgehead atoms. The van der Waals surface area contributed by atoms with Crippen LogP contribution < -0.4 is 11.1 Å². The van der Waals surface area contributed by atoms with Crippen LogP contribution in [0.15, 0.2) is 11.4 Å². The van der Waals surface area contributed by atoms with Crippen LogP contribution in [0.25, 0.3) is 0 Å². The number of hydrogen-bond acceptors (Lipinski definition) is 6. The van der Waals surface area contributed by atoms with Gasteiger partial charge in [-0.3, -0.25) is 14.5 Å². The number of carbonyl (C=O) groups excluding carboxylic acids is 2. The highest BCUT2D eigenvalue weighted by Gasteiger charge is 2.22. The monoisotopic (exact) mass is 299 g/mol. The van der Waals surface area contributed by atoms with Crippen molar-refractivity contribution in [2.75, 3.05) is 38.2 Å². The summed E-state index contributed by atoms with van der Waals surface area (Å²) in [5.74, 6) is -0.776. The summed E-state index contributed by atoms with van der Waals surface area (Å²) < 4.78 is 5.31. The van der Waals surface area contributed by atoms with E-state index >= 15 is 0 Å². The number of aliphatic hydroxyl groups excluding tert-OH is 1. The predicted octanol–water partition coefficient (Wildman–Crippen LogP) is -0.521. The van der Waals surface area contributed by atoms with E-state index < -0.39 is 5.91 Å². The molecule has 1 atom stereocenters. The lowest BCUT2D eigenvalue weighted by atomic mass is 10.2. The fourth-order valence-corrected chi connectivity index (χ4v) is 2.81. The second kappa shape index (κ2) is 6.80. The first-order valence-corrected chi connectivity index (χ1v) is 7.10. The molecule has 1 saturated heterocycles. The molecule has 0 aliphatic carbocycles. The minimum Gasteiger partial charge on any atom is -0.394 e. The Labute approximate surface area is 120 Å². The van der Waals surface area contributed by atoms with Crippen LogP contribution in [0.5, 0.6) is 0 Å². The van der Waals surface area contributed by atoms with Gasteiger partial charge in [0.15, 0.2) is 0 Å². The normalized spacial score (nSPS) is 19.8. The largest absolute Gasteiger partial charge is 0.394 e. The average Bonchev–Trinajstić information content (AvgIpc) is 2.87. The van der Waals surface area contributed by atoms with Gasteiger partial charge >= 0.3 is 0 Å². The Hall–Kier alpha value is -1.48. The van der Waals surface area contributed by atoms with Crippen molar-refractivity contribution in [3.05, 3.63) is 17.0 Å². The summed E-state index contributed by atoms with van der Waals surface area (Å²) in [6.45, 7) is 1.77. The van der Waals surface area contributed by atoms with Gasteiger partial charge in [0, 0.05) is 13.1 Å². The first-order valence-electron chi connectivity index (χ1n) is 6.22. The molecule has 0 aromatic carbocycles. The summed E-state index contributed by atoms with van der Waals surface area (Å²) in [6, 6.07) is 1.58. The van der Waals surface area contributed by atoms with Gasteiger partial charge in [-0.25, -0.2) is 0 Å². The van der Waals surface area contributed by atoms with E-state index in [9.17, 15) is 9.59 Å². The van der Waals surface area contributed by atoms with E-state index in [1.165, 1.54) is 11.3 Å². The molecule has 8 heteroatoms. The second-order valence-electron chi connectivity index (χ2n) is 4.49. The zero-order valence-corrected chi connectivity index (χ0v) is 11.7. The summed E-state index contributed by atoms with van der Waals surface area (Å²) >= 11 is 1.26. The molecule has 2 rings (SSSR count). The van der Waals surface area contributed by atoms with Crippen molar-refractivity contribution in [3.8, 4) is 0 Å². The van der Waals surface area contributed by atoms with E-state index in [2.05, 4.69) is 5.32 Å². The standard InChI is InChI=1S/C12H17N3O4S/c13-11(18)9-1-4-20-12(9)14-10(17)6-15-2-3-19-8(5-15)7-16/h1,4,8,16H,2-3,5-7H2,(H2,13,18)(H,14,17). The smallest absolute Gasteiger partial charge is 0.251 e. The average molecular weight is 299 g/mol. The van der Waals surface area contributed by atoms with Crippen LogP contribution in [-0.4, -0.2) is 60.8 Å². The van der Waals surface area contributed by atoms with Gasteiger partial charge in [-0.05, 0) is 11.4 Å². The zero-order valence-electron chi connectivity index (χ0n) is 10.9. The van der Waals surface area contributed by atoms with Crippen LogP contribution in [0.1, 0.15) is 10.4 Å². The quantitative estimate of drug-likeness (QED) is 0.678. The Balaban J connectivity index is 1.89. The molecule has 1 aromatic heterocycles. The van der Waals surface area contributed by atoms with Gasteiger partial charge in [0.25, 0.3) is 5.91 Å². The van der Waals surface area contributed by atoms with Crippen LogP contribution >= 0.6 is 11.3 Å². The maximum absolute atomic E-state index is 11.9. The summed E-state index contributed by atoms with van der Waals surface area (Å²) in [6.07, 6.45) is -0.250. The van der Waals surface area contributed by atoms with Crippen molar-refractivity contribution in [3.63, 3.8) is 0 Å². The van der Waals surface area contributed by atoms with Crippen LogP contribution in [0.3, 0.4) is 0 Å². The summed E-state index contributed by atoms with van der Waals surface area (Å²) in [7, 11) is 0. The minimum atomic E-state index is -0.562. The molecule has 2 heterocycles. The number of nitrogens with two attached hydrogens (primary N) is 1. The van der Waals surface area contributed by atoms with Crippen molar-refractivity contribution in [2.45, 2.75) is 6.10 Å². The van der Waals surface area contributed by atoms with E-state index in [0.717, 1.165) is 0 Å². The maximum Gasteiger partial charge on any atom is 0.251 e. The number of hydrogen-bond donors (Lipinski definition) is 3. The van der Waals surface area contributed by atoms with Crippen LogP contribution in [-0.2, 0) is 9.53 Å². The van der Waals surface area contributed by atoms with E-state index in [1.807, 2.05) is 4.90 Å². The lowest BCUT2D eigenvalue weighted by Crippen LogP contribution is -2.46. The molecule has 1 fully saturated rings. The number of ether oxygens (including phenoxy) is 1. The van der Waals surface area contributed by atoms with Crippen LogP contribution in [0.2, 0.25) is 0 Å². The number of carbonyl (C=O) groups is 2. The van der Waals surface area contributed by atoms with Crippen molar-refractivity contribution in [2.24, 2.45) is 5.73 Å². The van der Waals surface area contributed by atoms with Gasteiger partial charge in [-0.1, -0.05) is 0 Å². The SMILES string of the molecule is NC(=O)c1ccsc1NC(=O)CN1CCOC(CO)C1. The van der Waals surface area contributed by atoms with E-state index in [-0.39, 0.29) is 25.2 Å². The highest BCUT2D eigenvalue weighted by atomic mass is 32.1. The van der Waals surface area contributed by atoms with Crippen LogP contribution in [0, 0.1) is 0 Å². The molecule has 0 saturated carbocycles. The predicted molar refractivity (Wildman–Crippen MR) is 74.7 cm³/mol. The Morgan fingerprint density at radius 1 is 1.60 bits per heavy atom. The fraction of sp³-hybridized carbons (Fsp3) is 0.500. The molecule has 110 valence electrons. The number of amides is 2. The molecular formula is C12H17N3O4S. The number of morpholine rings is 1. The van der Waals surface area contributed by atoms with Crippen molar-refractivity contribution in [1.29, 1.82) is 0 Å². The number of thiophene rings is 1. The lowest BCUT2D eigenvalue weighted by Gasteiger charge is -2.31. The minimum absolute atomic E-state index is 0.0606. The van der Waals surface area contributed by atoms with Gasteiger partial charge in [-0.2, -0.15) is 0 Å².